The second kappa shape index (κ2) is 7.94. The van der Waals surface area contributed by atoms with E-state index >= 15 is 0 Å². The van der Waals surface area contributed by atoms with Crippen molar-refractivity contribution in [2.75, 3.05) is 13.2 Å². The molecule has 0 heterocycles. The van der Waals surface area contributed by atoms with Gasteiger partial charge in [0.15, 0.2) is 11.5 Å². The van der Waals surface area contributed by atoms with E-state index in [1.54, 1.807) is 6.07 Å². The molecule has 0 unspecified atom stereocenters. The predicted octanol–water partition coefficient (Wildman–Crippen LogP) is 3.51. The average Bonchev–Trinajstić information content (AvgIpc) is 2.51. The summed E-state index contributed by atoms with van der Waals surface area (Å²) in [5, 5.41) is 11.6. The molecule has 0 fully saturated rings. The van der Waals surface area contributed by atoms with Gasteiger partial charge in [0.25, 0.3) is 0 Å². The molecule has 2 aromatic rings. The van der Waals surface area contributed by atoms with Crippen molar-refractivity contribution in [1.29, 1.82) is 0 Å². The first-order valence-electron chi connectivity index (χ1n) is 6.94. The maximum atomic E-state index is 8.57. The van der Waals surface area contributed by atoms with Crippen molar-refractivity contribution in [3.63, 3.8) is 0 Å². The van der Waals surface area contributed by atoms with Gasteiger partial charge in [0.1, 0.15) is 0 Å². The van der Waals surface area contributed by atoms with Gasteiger partial charge in [0.05, 0.1) is 19.4 Å². The van der Waals surface area contributed by atoms with Gasteiger partial charge in [-0.05, 0) is 30.7 Å². The van der Waals surface area contributed by atoms with Gasteiger partial charge in [-0.3, -0.25) is 0 Å². The molecule has 0 spiro atoms. The van der Waals surface area contributed by atoms with Crippen LogP contribution in [0, 0.1) is 0 Å². The van der Waals surface area contributed by atoms with Gasteiger partial charge in [-0.2, -0.15) is 0 Å². The van der Waals surface area contributed by atoms with Crippen LogP contribution in [-0.4, -0.2) is 24.6 Å². The van der Waals surface area contributed by atoms with Gasteiger partial charge in [-0.25, -0.2) is 0 Å². The van der Waals surface area contributed by atoms with E-state index in [1.807, 2.05) is 37.3 Å². The molecule has 0 saturated carbocycles. The van der Waals surface area contributed by atoms with Crippen molar-refractivity contribution in [2.45, 2.75) is 13.3 Å². The number of hydrogen-bond donors (Lipinski definition) is 1. The maximum Gasteiger partial charge on any atom is 0.161 e. The minimum absolute atomic E-state index is 0.550. The van der Waals surface area contributed by atoms with Crippen molar-refractivity contribution in [2.24, 2.45) is 5.16 Å². The topological polar surface area (TPSA) is 51.0 Å². The third kappa shape index (κ3) is 4.53. The number of nitrogens with zero attached hydrogens (tertiary/aromatic N) is 1. The molecular formula is C17H19NO3. The van der Waals surface area contributed by atoms with E-state index in [0.717, 1.165) is 12.0 Å². The molecule has 21 heavy (non-hydrogen) atoms. The molecule has 0 bridgehead atoms. The quantitative estimate of drug-likeness (QED) is 0.481. The Morgan fingerprint density at radius 1 is 1.05 bits per heavy atom. The molecule has 4 nitrogen and oxygen atoms in total. The van der Waals surface area contributed by atoms with Crippen molar-refractivity contribution in [3.8, 4) is 11.5 Å². The zero-order valence-corrected chi connectivity index (χ0v) is 12.0. The predicted molar refractivity (Wildman–Crippen MR) is 82.6 cm³/mol. The molecule has 0 radical (unpaired) electrons. The van der Waals surface area contributed by atoms with Crippen LogP contribution in [0.2, 0.25) is 0 Å². The first-order valence-corrected chi connectivity index (χ1v) is 6.94. The van der Waals surface area contributed by atoms with E-state index in [-0.39, 0.29) is 0 Å². The fourth-order valence-electron chi connectivity index (χ4n) is 1.98. The molecule has 4 heteroatoms. The van der Waals surface area contributed by atoms with Crippen LogP contribution >= 0.6 is 0 Å². The molecule has 0 aliphatic carbocycles. The highest BCUT2D eigenvalue weighted by Crippen LogP contribution is 2.28. The fraction of sp³-hybridized carbons (Fsp3) is 0.235. The van der Waals surface area contributed by atoms with Crippen LogP contribution in [0.1, 0.15) is 18.1 Å². The Bertz CT molecular complexity index is 582. The van der Waals surface area contributed by atoms with Crippen molar-refractivity contribution < 1.29 is 14.7 Å². The van der Waals surface area contributed by atoms with E-state index in [4.69, 9.17) is 14.7 Å². The fourth-order valence-corrected chi connectivity index (χ4v) is 1.98. The third-order valence-electron chi connectivity index (χ3n) is 2.97. The molecule has 0 aromatic heterocycles. The smallest absolute Gasteiger partial charge is 0.161 e. The minimum Gasteiger partial charge on any atom is -0.490 e. The van der Waals surface area contributed by atoms with Gasteiger partial charge in [0.2, 0.25) is 0 Å². The summed E-state index contributed by atoms with van der Waals surface area (Å²) in [5.41, 5.74) is 2.00. The molecule has 0 aliphatic rings. The van der Waals surface area contributed by atoms with Crippen LogP contribution in [0.5, 0.6) is 11.5 Å². The normalized spacial score (nSPS) is 10.7. The van der Waals surface area contributed by atoms with Gasteiger partial charge in [0, 0.05) is 12.0 Å². The van der Waals surface area contributed by atoms with Crippen LogP contribution in [0.15, 0.2) is 53.7 Å². The Balaban J connectivity index is 2.01. The summed E-state index contributed by atoms with van der Waals surface area (Å²) < 4.78 is 11.4. The first-order chi connectivity index (χ1) is 10.3. The minimum atomic E-state index is 0.550. The van der Waals surface area contributed by atoms with E-state index < -0.39 is 0 Å². The molecule has 110 valence electrons. The first kappa shape index (κ1) is 14.9. The molecule has 2 aromatic carbocycles. The molecule has 0 saturated heterocycles. The highest BCUT2D eigenvalue weighted by atomic mass is 16.5. The number of oxime groups is 1. The molecular weight excluding hydrogens is 266 g/mol. The van der Waals surface area contributed by atoms with Gasteiger partial charge < -0.3 is 14.7 Å². The number of hydrogen-bond acceptors (Lipinski definition) is 4. The Morgan fingerprint density at radius 3 is 2.57 bits per heavy atom. The SMILES string of the molecule is CCOc1cc(C=NO)ccc1OCCc1ccccc1. The zero-order chi connectivity index (χ0) is 14.9. The van der Waals surface area contributed by atoms with Crippen LogP contribution in [0.4, 0.5) is 0 Å². The molecule has 0 atom stereocenters. The summed E-state index contributed by atoms with van der Waals surface area (Å²) in [5.74, 6) is 1.35. The molecule has 0 amide bonds. The monoisotopic (exact) mass is 285 g/mol. The van der Waals surface area contributed by atoms with Gasteiger partial charge >= 0.3 is 0 Å². The van der Waals surface area contributed by atoms with E-state index in [2.05, 4.69) is 17.3 Å². The Labute approximate surface area is 124 Å². The average molecular weight is 285 g/mol. The largest absolute Gasteiger partial charge is 0.490 e. The second-order valence-electron chi connectivity index (χ2n) is 4.47. The highest BCUT2D eigenvalue weighted by molar-refractivity contribution is 5.80. The molecule has 1 N–H and O–H groups in total. The number of rotatable bonds is 7. The summed E-state index contributed by atoms with van der Waals surface area (Å²) in [7, 11) is 0. The summed E-state index contributed by atoms with van der Waals surface area (Å²) in [6.07, 6.45) is 2.20. The summed E-state index contributed by atoms with van der Waals surface area (Å²) in [4.78, 5) is 0. The Hall–Kier alpha value is -2.49. The summed E-state index contributed by atoms with van der Waals surface area (Å²) >= 11 is 0. The van der Waals surface area contributed by atoms with Crippen LogP contribution < -0.4 is 9.47 Å². The lowest BCUT2D eigenvalue weighted by Gasteiger charge is -2.12. The Kier molecular flexibility index (Phi) is 5.64. The molecule has 2 rings (SSSR count). The van der Waals surface area contributed by atoms with Crippen molar-refractivity contribution in [3.05, 3.63) is 59.7 Å². The lowest BCUT2D eigenvalue weighted by molar-refractivity contribution is 0.279. The van der Waals surface area contributed by atoms with Crippen molar-refractivity contribution >= 4 is 6.21 Å². The lowest BCUT2D eigenvalue weighted by atomic mass is 10.2. The van der Waals surface area contributed by atoms with Crippen molar-refractivity contribution in [1.82, 2.24) is 0 Å². The zero-order valence-electron chi connectivity index (χ0n) is 12.0. The van der Waals surface area contributed by atoms with Crippen LogP contribution in [0.25, 0.3) is 0 Å². The lowest BCUT2D eigenvalue weighted by Crippen LogP contribution is -2.04. The van der Waals surface area contributed by atoms with E-state index in [9.17, 15) is 0 Å². The molecule has 0 aliphatic heterocycles. The standard InChI is InChI=1S/C17H19NO3/c1-2-20-17-12-15(13-18-19)8-9-16(17)21-11-10-14-6-4-3-5-7-14/h3-9,12-13,19H,2,10-11H2,1H3. The van der Waals surface area contributed by atoms with Crippen LogP contribution in [0.3, 0.4) is 0 Å². The second-order valence-corrected chi connectivity index (χ2v) is 4.47. The number of ether oxygens (including phenoxy) is 2. The summed E-state index contributed by atoms with van der Waals surface area (Å²) in [6, 6.07) is 15.6. The van der Waals surface area contributed by atoms with E-state index in [1.165, 1.54) is 11.8 Å². The maximum absolute atomic E-state index is 8.57. The van der Waals surface area contributed by atoms with Crippen LogP contribution in [-0.2, 0) is 6.42 Å². The Morgan fingerprint density at radius 2 is 1.86 bits per heavy atom. The van der Waals surface area contributed by atoms with Gasteiger partial charge in [-0.15, -0.1) is 0 Å². The third-order valence-corrected chi connectivity index (χ3v) is 2.97. The summed E-state index contributed by atoms with van der Waals surface area (Å²) in [6.45, 7) is 3.05. The number of benzene rings is 2. The highest BCUT2D eigenvalue weighted by Gasteiger charge is 2.06. The van der Waals surface area contributed by atoms with E-state index in [0.29, 0.717) is 24.7 Å². The van der Waals surface area contributed by atoms with Gasteiger partial charge in [-0.1, -0.05) is 35.5 Å².